The van der Waals surface area contributed by atoms with Gasteiger partial charge in [-0.25, -0.2) is 18.4 Å². The molecular weight excluding hydrogens is 554 g/mol. The lowest BCUT2D eigenvalue weighted by atomic mass is 10.0. The van der Waals surface area contributed by atoms with Crippen LogP contribution < -0.4 is 20.4 Å². The number of methoxy groups -OCH3 is 1. The van der Waals surface area contributed by atoms with Gasteiger partial charge in [-0.2, -0.15) is 0 Å². The van der Waals surface area contributed by atoms with Crippen LogP contribution in [0.25, 0.3) is 0 Å². The highest BCUT2D eigenvalue weighted by Crippen LogP contribution is 2.31. The van der Waals surface area contributed by atoms with Gasteiger partial charge in [-0.3, -0.25) is 19.5 Å². The van der Waals surface area contributed by atoms with Crippen LogP contribution in [0.2, 0.25) is 0 Å². The zero-order valence-electron chi connectivity index (χ0n) is 23.6. The number of hydrogen-bond donors (Lipinski definition) is 2. The number of ether oxygens (including phenoxy) is 2. The van der Waals surface area contributed by atoms with Crippen LogP contribution in [0, 0.1) is 17.6 Å². The van der Waals surface area contributed by atoms with E-state index in [1.54, 1.807) is 23.2 Å². The first-order valence-corrected chi connectivity index (χ1v) is 13.6. The third kappa shape index (κ3) is 7.22. The van der Waals surface area contributed by atoms with Crippen molar-refractivity contribution in [1.29, 1.82) is 0 Å². The first kappa shape index (κ1) is 30.5. The molecule has 0 saturated carbocycles. The number of carbonyl (C=O) groups excluding carboxylic acids is 4. The lowest BCUT2D eigenvalue weighted by Crippen LogP contribution is -2.55. The Kier molecular flexibility index (Phi) is 9.76. The van der Waals surface area contributed by atoms with Gasteiger partial charge in [0, 0.05) is 50.7 Å². The van der Waals surface area contributed by atoms with Gasteiger partial charge in [0.15, 0.2) is 11.6 Å². The number of piperazine rings is 1. The van der Waals surface area contributed by atoms with Crippen LogP contribution in [-0.4, -0.2) is 92.4 Å². The molecule has 0 radical (unpaired) electrons. The monoisotopic (exact) mass is 588 g/mol. The summed E-state index contributed by atoms with van der Waals surface area (Å²) in [6.07, 6.45) is 1.19. The zero-order valence-corrected chi connectivity index (χ0v) is 23.6. The van der Waals surface area contributed by atoms with Crippen LogP contribution in [0.4, 0.5) is 29.7 Å². The molecule has 3 heterocycles. The molecule has 4 rings (SSSR count). The number of nitrogens with one attached hydrogen (secondary N) is 2. The van der Waals surface area contributed by atoms with E-state index in [0.717, 1.165) is 17.0 Å². The van der Waals surface area contributed by atoms with Crippen molar-refractivity contribution in [3.8, 4) is 0 Å². The van der Waals surface area contributed by atoms with Crippen LogP contribution in [0.15, 0.2) is 36.7 Å². The van der Waals surface area contributed by atoms with Crippen molar-refractivity contribution in [2.45, 2.75) is 32.4 Å². The number of halogens is 2. The van der Waals surface area contributed by atoms with Crippen molar-refractivity contribution in [2.75, 3.05) is 56.2 Å². The molecule has 0 unspecified atom stereocenters. The number of nitrogens with zero attached hydrogens (tertiary/aromatic N) is 4. The van der Waals surface area contributed by atoms with Crippen molar-refractivity contribution in [3.63, 3.8) is 0 Å². The first-order valence-electron chi connectivity index (χ1n) is 13.6. The third-order valence-electron chi connectivity index (χ3n) is 6.99. The van der Waals surface area contributed by atoms with Gasteiger partial charge < -0.3 is 29.9 Å². The van der Waals surface area contributed by atoms with E-state index in [4.69, 9.17) is 4.74 Å². The maximum atomic E-state index is 15.2. The minimum Gasteiger partial charge on any atom is -0.453 e. The number of hydrogen-bond acceptors (Lipinski definition) is 8. The fraction of sp³-hybridized carbons (Fsp3) is 0.464. The average molecular weight is 589 g/mol. The topological polar surface area (TPSA) is 133 Å². The second-order valence-corrected chi connectivity index (χ2v) is 10.5. The second-order valence-electron chi connectivity index (χ2n) is 10.5. The van der Waals surface area contributed by atoms with Gasteiger partial charge >= 0.3 is 12.2 Å². The zero-order chi connectivity index (χ0) is 30.4. The number of anilines is 2. The Morgan fingerprint density at radius 2 is 1.83 bits per heavy atom. The largest absolute Gasteiger partial charge is 0.453 e. The van der Waals surface area contributed by atoms with Crippen molar-refractivity contribution in [3.05, 3.63) is 53.9 Å². The summed E-state index contributed by atoms with van der Waals surface area (Å²) in [5.41, 5.74) is 0.0637. The van der Waals surface area contributed by atoms with Crippen LogP contribution in [0.5, 0.6) is 0 Å². The molecule has 14 heteroatoms. The Morgan fingerprint density at radius 1 is 1.14 bits per heavy atom. The number of rotatable bonds is 9. The third-order valence-corrected chi connectivity index (χ3v) is 6.99. The summed E-state index contributed by atoms with van der Waals surface area (Å²) < 4.78 is 40.1. The summed E-state index contributed by atoms with van der Waals surface area (Å²) >= 11 is 0. The molecule has 1 aromatic heterocycles. The van der Waals surface area contributed by atoms with Gasteiger partial charge in [0.25, 0.3) is 5.91 Å². The fourth-order valence-corrected chi connectivity index (χ4v) is 4.92. The molecule has 2 saturated heterocycles. The van der Waals surface area contributed by atoms with E-state index < -0.39 is 41.9 Å². The van der Waals surface area contributed by atoms with Crippen molar-refractivity contribution in [2.24, 2.45) is 5.92 Å². The van der Waals surface area contributed by atoms with E-state index >= 15 is 8.78 Å². The van der Waals surface area contributed by atoms with Crippen LogP contribution in [0.1, 0.15) is 30.6 Å². The first-order chi connectivity index (χ1) is 20.1. The Labute approximate surface area is 241 Å². The molecule has 2 fully saturated rings. The summed E-state index contributed by atoms with van der Waals surface area (Å²) in [5, 5.41) is 5.22. The molecule has 2 N–H and O–H groups in total. The number of carbonyl (C=O) groups is 4. The number of amides is 4. The molecule has 2 atom stereocenters. The Balaban J connectivity index is 1.39. The van der Waals surface area contributed by atoms with Gasteiger partial charge in [0.05, 0.1) is 31.5 Å². The maximum absolute atomic E-state index is 15.2. The van der Waals surface area contributed by atoms with E-state index in [-0.39, 0.29) is 62.5 Å². The molecule has 2 aliphatic heterocycles. The normalized spacial score (nSPS) is 17.6. The molecule has 0 bridgehead atoms. The van der Waals surface area contributed by atoms with Gasteiger partial charge in [0.2, 0.25) is 5.91 Å². The van der Waals surface area contributed by atoms with Crippen molar-refractivity contribution in [1.82, 2.24) is 20.5 Å². The predicted molar refractivity (Wildman–Crippen MR) is 148 cm³/mol. The van der Waals surface area contributed by atoms with E-state index in [0.29, 0.717) is 12.0 Å². The van der Waals surface area contributed by atoms with Gasteiger partial charge in [-0.15, -0.1) is 0 Å². The molecule has 2 aromatic rings. The lowest BCUT2D eigenvalue weighted by Gasteiger charge is -2.38. The highest BCUT2D eigenvalue weighted by Gasteiger charge is 2.35. The molecule has 42 heavy (non-hydrogen) atoms. The number of pyridine rings is 1. The van der Waals surface area contributed by atoms with Gasteiger partial charge in [0.1, 0.15) is 17.8 Å². The molecule has 12 nitrogen and oxygen atoms in total. The van der Waals surface area contributed by atoms with Crippen LogP contribution in [0.3, 0.4) is 0 Å². The Hall–Kier alpha value is -4.49. The standard InChI is InChI=1S/C28H34F2N6O6/c1-17(2)11-23(33-25(37)18-5-4-6-31-14-18)26(38)35-9-7-34(8-10-35)24-21(29)12-19(13-22(24)30)36-16-20(42-28(36)40)15-32-27(39)41-3/h4-6,12-14,17,20,23H,7-11,15-16H2,1-3H3,(H,32,39)(H,33,37)/t20-,23-/m0/s1. The number of alkyl carbamates (subject to hydrolysis) is 1. The molecule has 0 aliphatic carbocycles. The quantitative estimate of drug-likeness (QED) is 0.457. The van der Waals surface area contributed by atoms with Gasteiger partial charge in [-0.05, 0) is 24.5 Å². The average Bonchev–Trinajstić information content (AvgIpc) is 3.35. The van der Waals surface area contributed by atoms with Gasteiger partial charge in [-0.1, -0.05) is 13.8 Å². The number of cyclic esters (lactones) is 1. The lowest BCUT2D eigenvalue weighted by molar-refractivity contribution is -0.134. The summed E-state index contributed by atoms with van der Waals surface area (Å²) in [4.78, 5) is 57.8. The SMILES string of the molecule is COC(=O)NC[C@H]1CN(c2cc(F)c(N3CCN(C(=O)[C@H](CC(C)C)NC(=O)c4cccnc4)CC3)c(F)c2)C(=O)O1. The smallest absolute Gasteiger partial charge is 0.414 e. The summed E-state index contributed by atoms with van der Waals surface area (Å²) in [5.74, 6) is -2.27. The molecular formula is C28H34F2N6O6. The van der Waals surface area contributed by atoms with Crippen LogP contribution >= 0.6 is 0 Å². The second kappa shape index (κ2) is 13.4. The summed E-state index contributed by atoms with van der Waals surface area (Å²) in [6, 6.07) is 4.60. The molecule has 1 aromatic carbocycles. The van der Waals surface area contributed by atoms with E-state index in [9.17, 15) is 19.2 Å². The van der Waals surface area contributed by atoms with Crippen molar-refractivity contribution < 1.29 is 37.4 Å². The minimum atomic E-state index is -0.866. The molecule has 226 valence electrons. The minimum absolute atomic E-state index is 0.0172. The fourth-order valence-electron chi connectivity index (χ4n) is 4.92. The van der Waals surface area contributed by atoms with E-state index in [1.807, 2.05) is 13.8 Å². The number of benzene rings is 1. The maximum Gasteiger partial charge on any atom is 0.414 e. The molecule has 2 aliphatic rings. The van der Waals surface area contributed by atoms with E-state index in [1.165, 1.54) is 18.2 Å². The summed E-state index contributed by atoms with van der Waals surface area (Å²) in [7, 11) is 1.20. The van der Waals surface area contributed by atoms with Crippen LogP contribution in [-0.2, 0) is 14.3 Å². The number of aromatic nitrogens is 1. The Morgan fingerprint density at radius 3 is 2.43 bits per heavy atom. The highest BCUT2D eigenvalue weighted by atomic mass is 19.1. The predicted octanol–water partition coefficient (Wildman–Crippen LogP) is 2.53. The molecule has 0 spiro atoms. The molecule has 4 amide bonds. The summed E-state index contributed by atoms with van der Waals surface area (Å²) in [6.45, 7) is 4.58. The Bertz CT molecular complexity index is 1280. The van der Waals surface area contributed by atoms with Crippen molar-refractivity contribution >= 4 is 35.4 Å². The van der Waals surface area contributed by atoms with E-state index in [2.05, 4.69) is 20.4 Å². The highest BCUT2D eigenvalue weighted by molar-refractivity contribution is 5.97.